The molecule has 4 aromatic carbocycles. The van der Waals surface area contributed by atoms with Crippen molar-refractivity contribution in [2.75, 3.05) is 115 Å². The Morgan fingerprint density at radius 3 is 1.28 bits per heavy atom. The number of carbonyl (C=O) groups is 2. The third kappa shape index (κ3) is 8.26. The van der Waals surface area contributed by atoms with Crippen LogP contribution < -0.4 is 20.4 Å². The number of nitrogens with one attached hydrogen (secondary N) is 2. The minimum atomic E-state index is -0.391. The summed E-state index contributed by atoms with van der Waals surface area (Å²) in [5.74, 6) is 0.975. The van der Waals surface area contributed by atoms with Crippen molar-refractivity contribution >= 4 is 46.4 Å². The van der Waals surface area contributed by atoms with Gasteiger partial charge >= 0.3 is 0 Å². The zero-order valence-corrected chi connectivity index (χ0v) is 35.8. The number of morpholine rings is 2. The fraction of sp³-hybridized carbons (Fsp3) is 0.458. The molecule has 10 nitrogen and oxygen atoms in total. The van der Waals surface area contributed by atoms with Crippen molar-refractivity contribution in [3.05, 3.63) is 129 Å². The highest BCUT2D eigenvalue weighted by Gasteiger charge is 2.68. The van der Waals surface area contributed by atoms with Gasteiger partial charge in [0.15, 0.2) is 0 Å². The quantitative estimate of drug-likeness (QED) is 0.148. The van der Waals surface area contributed by atoms with E-state index >= 15 is 0 Å². The molecule has 0 bridgehead atoms. The van der Waals surface area contributed by atoms with E-state index in [1.54, 1.807) is 0 Å². The molecule has 2 spiro atoms. The number of anilines is 2. The number of para-hydroxylation sites is 2. The number of carbonyl (C=O) groups excluding carboxylic acids is 2. The van der Waals surface area contributed by atoms with Gasteiger partial charge in [-0.1, -0.05) is 83.9 Å². The standard InChI is InChI=1S/2C24H28ClN3O2/c2*25-19-7-5-18(6-8-19)21-17-24(21)20-3-1-2-4-22(20)28(23(24)29)12-10-26-9-11-27-13-15-30-16-14-27/h2*1-8,21,26H,9-17H2/t2*21-,24-/m10/s1. The van der Waals surface area contributed by atoms with Gasteiger partial charge in [0.25, 0.3) is 0 Å². The summed E-state index contributed by atoms with van der Waals surface area (Å²) < 4.78 is 10.8. The second-order valence-corrected chi connectivity index (χ2v) is 17.8. The average molecular weight is 852 g/mol. The number of hydrogen-bond donors (Lipinski definition) is 2. The highest BCUT2D eigenvalue weighted by Crippen LogP contribution is 2.67. The van der Waals surface area contributed by atoms with E-state index in [1.165, 1.54) is 22.3 Å². The largest absolute Gasteiger partial charge is 0.379 e. The van der Waals surface area contributed by atoms with Crippen LogP contribution in [-0.4, -0.2) is 127 Å². The molecule has 2 saturated heterocycles. The van der Waals surface area contributed by atoms with E-state index < -0.39 is 10.8 Å². The minimum absolute atomic E-state index is 0.239. The first-order chi connectivity index (χ1) is 29.4. The van der Waals surface area contributed by atoms with Crippen molar-refractivity contribution in [3.63, 3.8) is 0 Å². The lowest BCUT2D eigenvalue weighted by molar-refractivity contribution is -0.121. The van der Waals surface area contributed by atoms with Crippen LogP contribution in [-0.2, 0) is 29.9 Å². The minimum Gasteiger partial charge on any atom is -0.379 e. The number of ether oxygens (including phenoxy) is 2. The van der Waals surface area contributed by atoms with Crippen LogP contribution in [0.15, 0.2) is 97.1 Å². The molecule has 0 aromatic heterocycles. The Morgan fingerprint density at radius 1 is 0.517 bits per heavy atom. The van der Waals surface area contributed by atoms with Crippen molar-refractivity contribution in [1.82, 2.24) is 20.4 Å². The molecule has 2 saturated carbocycles. The number of fused-ring (bicyclic) bond motifs is 4. The monoisotopic (exact) mass is 850 g/mol. The highest BCUT2D eigenvalue weighted by molar-refractivity contribution is 6.30. The molecule has 4 atom stereocenters. The summed E-state index contributed by atoms with van der Waals surface area (Å²) in [4.78, 5) is 35.9. The number of benzene rings is 4. The van der Waals surface area contributed by atoms with E-state index in [9.17, 15) is 9.59 Å². The van der Waals surface area contributed by atoms with Gasteiger partial charge < -0.3 is 29.9 Å². The Labute approximate surface area is 364 Å². The number of rotatable bonds is 14. The molecule has 4 aliphatic heterocycles. The topological polar surface area (TPSA) is 89.6 Å². The van der Waals surface area contributed by atoms with Gasteiger partial charge in [0.05, 0.1) is 37.3 Å². The van der Waals surface area contributed by atoms with Crippen LogP contribution in [0.5, 0.6) is 0 Å². The first-order valence-electron chi connectivity index (χ1n) is 21.8. The Bertz CT molecular complexity index is 1980. The maximum absolute atomic E-state index is 13.6. The highest BCUT2D eigenvalue weighted by atomic mass is 35.5. The van der Waals surface area contributed by atoms with Gasteiger partial charge in [-0.25, -0.2) is 0 Å². The molecule has 316 valence electrons. The van der Waals surface area contributed by atoms with Gasteiger partial charge in [0.2, 0.25) is 11.8 Å². The second kappa shape index (κ2) is 18.2. The Kier molecular flexibility index (Phi) is 12.6. The lowest BCUT2D eigenvalue weighted by atomic mass is 9.92. The van der Waals surface area contributed by atoms with Gasteiger partial charge in [0, 0.05) is 112 Å². The molecule has 4 fully saturated rings. The predicted octanol–water partition coefficient (Wildman–Crippen LogP) is 6.07. The van der Waals surface area contributed by atoms with E-state index in [4.69, 9.17) is 32.7 Å². The molecular formula is C48H56Cl2N6O4. The average Bonchev–Trinajstić information content (AvgIpc) is 4.19. The number of amides is 2. The van der Waals surface area contributed by atoms with Crippen molar-refractivity contribution < 1.29 is 19.1 Å². The summed E-state index contributed by atoms with van der Waals surface area (Å²) >= 11 is 12.1. The second-order valence-electron chi connectivity index (χ2n) is 16.9. The summed E-state index contributed by atoms with van der Waals surface area (Å²) in [5, 5.41) is 8.50. The van der Waals surface area contributed by atoms with E-state index in [2.05, 4.69) is 81.1 Å². The lowest BCUT2D eigenvalue weighted by Crippen LogP contribution is -2.42. The van der Waals surface area contributed by atoms with Crippen LogP contribution in [0, 0.1) is 0 Å². The van der Waals surface area contributed by atoms with Crippen LogP contribution in [0.4, 0.5) is 11.4 Å². The molecule has 4 aromatic rings. The smallest absolute Gasteiger partial charge is 0.238 e. The van der Waals surface area contributed by atoms with Gasteiger partial charge in [-0.15, -0.1) is 0 Å². The van der Waals surface area contributed by atoms with Gasteiger partial charge in [-0.3, -0.25) is 19.4 Å². The van der Waals surface area contributed by atoms with E-state index in [0.717, 1.165) is 126 Å². The van der Waals surface area contributed by atoms with Crippen molar-refractivity contribution in [2.24, 2.45) is 0 Å². The molecule has 2 N–H and O–H groups in total. The molecule has 6 aliphatic rings. The van der Waals surface area contributed by atoms with Gasteiger partial charge in [-0.05, 0) is 71.5 Å². The Balaban J connectivity index is 0.000000154. The van der Waals surface area contributed by atoms with Gasteiger partial charge in [-0.2, -0.15) is 0 Å². The van der Waals surface area contributed by atoms with Crippen LogP contribution in [0.3, 0.4) is 0 Å². The zero-order valence-electron chi connectivity index (χ0n) is 34.3. The van der Waals surface area contributed by atoms with E-state index in [1.807, 2.05) is 46.2 Å². The summed E-state index contributed by atoms with van der Waals surface area (Å²) in [5.41, 5.74) is 6.15. The fourth-order valence-corrected chi connectivity index (χ4v) is 10.3. The maximum atomic E-state index is 13.6. The molecule has 60 heavy (non-hydrogen) atoms. The summed E-state index contributed by atoms with van der Waals surface area (Å²) in [7, 11) is 0. The predicted molar refractivity (Wildman–Crippen MR) is 239 cm³/mol. The third-order valence-electron chi connectivity index (χ3n) is 13.5. The van der Waals surface area contributed by atoms with Crippen LogP contribution >= 0.6 is 23.2 Å². The summed E-state index contributed by atoms with van der Waals surface area (Å²) in [6.07, 6.45) is 1.76. The molecule has 2 aliphatic carbocycles. The summed E-state index contributed by atoms with van der Waals surface area (Å²) in [6, 6.07) is 32.5. The Hall–Kier alpha value is -3.84. The number of nitrogens with zero attached hydrogens (tertiary/aromatic N) is 4. The zero-order chi connectivity index (χ0) is 41.1. The third-order valence-corrected chi connectivity index (χ3v) is 14.0. The first-order valence-corrected chi connectivity index (χ1v) is 22.5. The van der Waals surface area contributed by atoms with Crippen molar-refractivity contribution in [1.29, 1.82) is 0 Å². The Morgan fingerprint density at radius 2 is 0.883 bits per heavy atom. The molecule has 2 amide bonds. The molecule has 0 unspecified atom stereocenters. The molecule has 0 radical (unpaired) electrons. The summed E-state index contributed by atoms with van der Waals surface area (Å²) in [6.45, 7) is 14.3. The van der Waals surface area contributed by atoms with Crippen LogP contribution in [0.1, 0.15) is 46.9 Å². The van der Waals surface area contributed by atoms with E-state index in [-0.39, 0.29) is 23.7 Å². The van der Waals surface area contributed by atoms with Crippen molar-refractivity contribution in [2.45, 2.75) is 35.5 Å². The SMILES string of the molecule is O=C1N(CCNCCN2CCOCC2)c2ccccc2[C@@]12C[C@@H]2c1ccc(Cl)cc1.O=C1N(CCNCCN2CCOCC2)c2ccccc2[C@]12C[C@H]2c1ccc(Cl)cc1. The molecule has 10 rings (SSSR count). The number of hydrogen-bond acceptors (Lipinski definition) is 8. The molecule has 4 heterocycles. The fourth-order valence-electron chi connectivity index (χ4n) is 10.1. The van der Waals surface area contributed by atoms with Crippen LogP contribution in [0.25, 0.3) is 0 Å². The number of halogens is 2. The van der Waals surface area contributed by atoms with Gasteiger partial charge in [0.1, 0.15) is 0 Å². The molecular weight excluding hydrogens is 795 g/mol. The normalized spacial score (nSPS) is 25.7. The lowest BCUT2D eigenvalue weighted by Gasteiger charge is -2.26. The van der Waals surface area contributed by atoms with Crippen molar-refractivity contribution in [3.8, 4) is 0 Å². The molecule has 12 heteroatoms. The maximum Gasteiger partial charge on any atom is 0.238 e. The van der Waals surface area contributed by atoms with Crippen LogP contribution in [0.2, 0.25) is 10.0 Å². The van der Waals surface area contributed by atoms with E-state index in [0.29, 0.717) is 13.1 Å². The first kappa shape index (κ1) is 41.5.